The van der Waals surface area contributed by atoms with Gasteiger partial charge < -0.3 is 9.30 Å². The molecule has 1 aromatic carbocycles. The van der Waals surface area contributed by atoms with Gasteiger partial charge in [-0.3, -0.25) is 4.79 Å². The number of hydrogen-bond acceptors (Lipinski definition) is 2. The van der Waals surface area contributed by atoms with Crippen LogP contribution in [-0.4, -0.2) is 33.3 Å². The standard InChI is InChI=1S/C23H29N3O/c1-5-13-25(14-6-2)22(27)15-20-23(19-10-7-17(3)8-11-19)24-21-12-9-18(4)16-26(20)21/h7-12,16H,5-6,13-15H2,1-4H3. The highest BCUT2D eigenvalue weighted by molar-refractivity contribution is 5.81. The number of nitrogens with zero attached hydrogens (tertiary/aromatic N) is 3. The maximum atomic E-state index is 13.0. The van der Waals surface area contributed by atoms with Crippen LogP contribution in [0.2, 0.25) is 0 Å². The molecule has 2 heterocycles. The van der Waals surface area contributed by atoms with Crippen LogP contribution in [0.15, 0.2) is 42.6 Å². The monoisotopic (exact) mass is 363 g/mol. The van der Waals surface area contributed by atoms with E-state index in [1.165, 1.54) is 5.56 Å². The van der Waals surface area contributed by atoms with Crippen LogP contribution in [0.25, 0.3) is 16.9 Å². The molecular weight excluding hydrogens is 334 g/mol. The second kappa shape index (κ2) is 8.38. The van der Waals surface area contributed by atoms with E-state index in [0.717, 1.165) is 54.1 Å². The highest BCUT2D eigenvalue weighted by Crippen LogP contribution is 2.26. The lowest BCUT2D eigenvalue weighted by Gasteiger charge is -2.21. The van der Waals surface area contributed by atoms with Crippen LogP contribution in [0.5, 0.6) is 0 Å². The third-order valence-electron chi connectivity index (χ3n) is 4.85. The molecular formula is C23H29N3O. The smallest absolute Gasteiger partial charge is 0.228 e. The molecule has 0 saturated heterocycles. The molecule has 3 rings (SSSR count). The first-order valence-electron chi connectivity index (χ1n) is 9.85. The van der Waals surface area contributed by atoms with E-state index in [0.29, 0.717) is 6.42 Å². The van der Waals surface area contributed by atoms with Gasteiger partial charge in [-0.2, -0.15) is 0 Å². The first kappa shape index (κ1) is 19.2. The summed E-state index contributed by atoms with van der Waals surface area (Å²) >= 11 is 0. The van der Waals surface area contributed by atoms with Crippen molar-refractivity contribution in [2.45, 2.75) is 47.0 Å². The van der Waals surface area contributed by atoms with Gasteiger partial charge in [-0.05, 0) is 38.3 Å². The molecule has 142 valence electrons. The molecule has 4 nitrogen and oxygen atoms in total. The molecule has 1 amide bonds. The molecule has 0 aliphatic rings. The summed E-state index contributed by atoms with van der Waals surface area (Å²) in [5, 5.41) is 0. The Morgan fingerprint density at radius 2 is 1.59 bits per heavy atom. The lowest BCUT2D eigenvalue weighted by molar-refractivity contribution is -0.130. The second-order valence-corrected chi connectivity index (χ2v) is 7.27. The van der Waals surface area contributed by atoms with Crippen LogP contribution in [0.4, 0.5) is 0 Å². The van der Waals surface area contributed by atoms with Gasteiger partial charge in [0.25, 0.3) is 0 Å². The quantitative estimate of drug-likeness (QED) is 0.604. The Bertz CT molecular complexity index is 919. The summed E-state index contributed by atoms with van der Waals surface area (Å²) in [6.45, 7) is 9.99. The van der Waals surface area contributed by atoms with E-state index in [9.17, 15) is 4.79 Å². The maximum absolute atomic E-state index is 13.0. The SMILES string of the molecule is CCCN(CCC)C(=O)Cc1c(-c2ccc(C)cc2)nc2ccc(C)cn12. The fraction of sp³-hybridized carbons (Fsp3) is 0.391. The summed E-state index contributed by atoms with van der Waals surface area (Å²) < 4.78 is 2.08. The van der Waals surface area contributed by atoms with Gasteiger partial charge in [0.15, 0.2) is 0 Å². The molecule has 0 fully saturated rings. The number of amides is 1. The van der Waals surface area contributed by atoms with Crippen molar-refractivity contribution < 1.29 is 4.79 Å². The van der Waals surface area contributed by atoms with Crippen molar-refractivity contribution in [3.05, 3.63) is 59.4 Å². The second-order valence-electron chi connectivity index (χ2n) is 7.27. The van der Waals surface area contributed by atoms with Gasteiger partial charge in [0.2, 0.25) is 5.91 Å². The zero-order valence-corrected chi connectivity index (χ0v) is 16.8. The third kappa shape index (κ3) is 4.21. The minimum absolute atomic E-state index is 0.176. The van der Waals surface area contributed by atoms with E-state index < -0.39 is 0 Å². The van der Waals surface area contributed by atoms with Gasteiger partial charge in [-0.1, -0.05) is 49.7 Å². The Labute approximate surface area is 161 Å². The number of pyridine rings is 1. The van der Waals surface area contributed by atoms with E-state index in [-0.39, 0.29) is 5.91 Å². The number of aromatic nitrogens is 2. The topological polar surface area (TPSA) is 37.6 Å². The Morgan fingerprint density at radius 1 is 0.963 bits per heavy atom. The van der Waals surface area contributed by atoms with Crippen LogP contribution in [0, 0.1) is 13.8 Å². The zero-order valence-electron chi connectivity index (χ0n) is 16.8. The zero-order chi connectivity index (χ0) is 19.4. The average Bonchev–Trinajstić information content (AvgIpc) is 3.00. The van der Waals surface area contributed by atoms with Crippen molar-refractivity contribution >= 4 is 11.6 Å². The van der Waals surface area contributed by atoms with Crippen molar-refractivity contribution in [2.24, 2.45) is 0 Å². The third-order valence-corrected chi connectivity index (χ3v) is 4.85. The van der Waals surface area contributed by atoms with Crippen LogP contribution in [-0.2, 0) is 11.2 Å². The van der Waals surface area contributed by atoms with E-state index in [4.69, 9.17) is 4.98 Å². The maximum Gasteiger partial charge on any atom is 0.228 e. The lowest BCUT2D eigenvalue weighted by atomic mass is 10.1. The van der Waals surface area contributed by atoms with Crippen molar-refractivity contribution in [3.63, 3.8) is 0 Å². The molecule has 0 radical (unpaired) electrons. The number of benzene rings is 1. The minimum Gasteiger partial charge on any atom is -0.342 e. The Balaban J connectivity index is 2.06. The van der Waals surface area contributed by atoms with Crippen molar-refractivity contribution in [1.29, 1.82) is 0 Å². The first-order chi connectivity index (χ1) is 13.0. The Kier molecular flexibility index (Phi) is 5.94. The fourth-order valence-corrected chi connectivity index (χ4v) is 3.47. The summed E-state index contributed by atoms with van der Waals surface area (Å²) in [5.41, 5.74) is 6.19. The fourth-order valence-electron chi connectivity index (χ4n) is 3.47. The molecule has 27 heavy (non-hydrogen) atoms. The molecule has 0 aliphatic carbocycles. The number of imidazole rings is 1. The predicted molar refractivity (Wildman–Crippen MR) is 111 cm³/mol. The summed E-state index contributed by atoms with van der Waals surface area (Å²) in [6.07, 6.45) is 4.39. The number of rotatable bonds is 7. The van der Waals surface area contributed by atoms with E-state index in [1.807, 2.05) is 11.0 Å². The highest BCUT2D eigenvalue weighted by Gasteiger charge is 2.20. The molecule has 0 saturated carbocycles. The van der Waals surface area contributed by atoms with Gasteiger partial charge >= 0.3 is 0 Å². The number of fused-ring (bicyclic) bond motifs is 1. The van der Waals surface area contributed by atoms with Crippen LogP contribution in [0.1, 0.15) is 43.5 Å². The number of hydrogen-bond donors (Lipinski definition) is 0. The van der Waals surface area contributed by atoms with Gasteiger partial charge in [0.05, 0.1) is 17.8 Å². The van der Waals surface area contributed by atoms with Crippen LogP contribution >= 0.6 is 0 Å². The normalized spacial score (nSPS) is 11.1. The molecule has 4 heteroatoms. The van der Waals surface area contributed by atoms with Gasteiger partial charge in [-0.25, -0.2) is 4.98 Å². The van der Waals surface area contributed by atoms with E-state index >= 15 is 0 Å². The summed E-state index contributed by atoms with van der Waals surface area (Å²) in [6, 6.07) is 12.5. The van der Waals surface area contributed by atoms with Crippen molar-refractivity contribution in [3.8, 4) is 11.3 Å². The summed E-state index contributed by atoms with van der Waals surface area (Å²) in [7, 11) is 0. The largest absolute Gasteiger partial charge is 0.342 e. The molecule has 0 unspecified atom stereocenters. The van der Waals surface area contributed by atoms with Gasteiger partial charge in [0, 0.05) is 24.8 Å². The number of aryl methyl sites for hydroxylation is 2. The van der Waals surface area contributed by atoms with Crippen molar-refractivity contribution in [1.82, 2.24) is 14.3 Å². The molecule has 0 spiro atoms. The first-order valence-corrected chi connectivity index (χ1v) is 9.85. The van der Waals surface area contributed by atoms with Crippen molar-refractivity contribution in [2.75, 3.05) is 13.1 Å². The summed E-state index contributed by atoms with van der Waals surface area (Å²) in [4.78, 5) is 19.9. The van der Waals surface area contributed by atoms with E-state index in [2.05, 4.69) is 68.6 Å². The number of carbonyl (C=O) groups excluding carboxylic acids is 1. The van der Waals surface area contributed by atoms with Crippen LogP contribution < -0.4 is 0 Å². The predicted octanol–water partition coefficient (Wildman–Crippen LogP) is 4.81. The molecule has 0 bridgehead atoms. The lowest BCUT2D eigenvalue weighted by Crippen LogP contribution is -2.34. The molecule has 0 N–H and O–H groups in total. The average molecular weight is 364 g/mol. The highest BCUT2D eigenvalue weighted by atomic mass is 16.2. The Hall–Kier alpha value is -2.62. The van der Waals surface area contributed by atoms with E-state index in [1.54, 1.807) is 0 Å². The molecule has 0 atom stereocenters. The van der Waals surface area contributed by atoms with Gasteiger partial charge in [-0.15, -0.1) is 0 Å². The molecule has 0 aliphatic heterocycles. The molecule has 2 aromatic heterocycles. The van der Waals surface area contributed by atoms with Gasteiger partial charge in [0.1, 0.15) is 5.65 Å². The Morgan fingerprint density at radius 3 is 2.22 bits per heavy atom. The minimum atomic E-state index is 0.176. The van der Waals surface area contributed by atoms with Crippen LogP contribution in [0.3, 0.4) is 0 Å². The molecule has 3 aromatic rings. The number of carbonyl (C=O) groups is 1. The summed E-state index contributed by atoms with van der Waals surface area (Å²) in [5.74, 6) is 0.176.